The first-order valence-corrected chi connectivity index (χ1v) is 6.18. The number of nitrogens with two attached hydrogens (primary N) is 1. The number of hydrazone groups is 1. The van der Waals surface area contributed by atoms with Crippen LogP contribution in [0.5, 0.6) is 0 Å². The summed E-state index contributed by atoms with van der Waals surface area (Å²) in [6.07, 6.45) is 0. The maximum absolute atomic E-state index is 5.94. The molecule has 0 aliphatic rings. The third-order valence-corrected chi connectivity index (χ3v) is 3.09. The molecule has 2 rings (SSSR count). The fraction of sp³-hybridized carbons (Fsp3) is 0.154. The third kappa shape index (κ3) is 2.97. The SMILES string of the molecule is CNC(=S)N(C)/N=C(\N)c1ccc2ccccc2n1. The van der Waals surface area contributed by atoms with Crippen molar-refractivity contribution >= 4 is 34.1 Å². The predicted molar refractivity (Wildman–Crippen MR) is 81.9 cm³/mol. The highest BCUT2D eigenvalue weighted by Crippen LogP contribution is 2.11. The number of hydrogen-bond donors (Lipinski definition) is 2. The molecule has 5 nitrogen and oxygen atoms in total. The van der Waals surface area contributed by atoms with Crippen LogP contribution in [0.1, 0.15) is 5.69 Å². The molecule has 0 unspecified atom stereocenters. The van der Waals surface area contributed by atoms with Crippen molar-refractivity contribution in [2.24, 2.45) is 10.8 Å². The molecule has 98 valence electrons. The van der Waals surface area contributed by atoms with Gasteiger partial charge in [-0.2, -0.15) is 5.10 Å². The highest BCUT2D eigenvalue weighted by atomic mass is 32.1. The summed E-state index contributed by atoms with van der Waals surface area (Å²) >= 11 is 5.06. The van der Waals surface area contributed by atoms with Gasteiger partial charge in [0.05, 0.1) is 5.52 Å². The van der Waals surface area contributed by atoms with E-state index in [1.54, 1.807) is 14.1 Å². The van der Waals surface area contributed by atoms with Gasteiger partial charge in [-0.25, -0.2) is 9.99 Å². The minimum Gasteiger partial charge on any atom is -0.380 e. The Kier molecular flexibility index (Phi) is 3.91. The van der Waals surface area contributed by atoms with Crippen LogP contribution in [0.25, 0.3) is 10.9 Å². The van der Waals surface area contributed by atoms with E-state index in [0.29, 0.717) is 16.6 Å². The van der Waals surface area contributed by atoms with Gasteiger partial charge in [0.25, 0.3) is 0 Å². The molecule has 0 saturated carbocycles. The van der Waals surface area contributed by atoms with E-state index in [9.17, 15) is 0 Å². The van der Waals surface area contributed by atoms with Crippen LogP contribution in [-0.2, 0) is 0 Å². The van der Waals surface area contributed by atoms with E-state index in [0.717, 1.165) is 10.9 Å². The van der Waals surface area contributed by atoms with Crippen LogP contribution in [0.3, 0.4) is 0 Å². The van der Waals surface area contributed by atoms with Crippen LogP contribution in [0.15, 0.2) is 41.5 Å². The van der Waals surface area contributed by atoms with E-state index in [1.165, 1.54) is 5.01 Å². The third-order valence-electron chi connectivity index (χ3n) is 2.63. The lowest BCUT2D eigenvalue weighted by Crippen LogP contribution is -2.33. The molecule has 0 radical (unpaired) electrons. The molecule has 0 saturated heterocycles. The van der Waals surface area contributed by atoms with E-state index in [-0.39, 0.29) is 0 Å². The van der Waals surface area contributed by atoms with Crippen molar-refractivity contribution in [1.82, 2.24) is 15.3 Å². The van der Waals surface area contributed by atoms with Gasteiger partial charge in [0, 0.05) is 19.5 Å². The molecular weight excluding hydrogens is 258 g/mol. The molecule has 2 aromatic rings. The van der Waals surface area contributed by atoms with Gasteiger partial charge in [-0.15, -0.1) is 0 Å². The van der Waals surface area contributed by atoms with Crippen molar-refractivity contribution in [3.8, 4) is 0 Å². The maximum Gasteiger partial charge on any atom is 0.189 e. The van der Waals surface area contributed by atoms with Crippen molar-refractivity contribution < 1.29 is 0 Å². The Morgan fingerprint density at radius 1 is 1.32 bits per heavy atom. The number of pyridine rings is 1. The number of amidine groups is 1. The first-order valence-electron chi connectivity index (χ1n) is 5.77. The van der Waals surface area contributed by atoms with E-state index in [1.807, 2.05) is 36.4 Å². The van der Waals surface area contributed by atoms with Crippen LogP contribution in [0, 0.1) is 0 Å². The second kappa shape index (κ2) is 5.62. The molecule has 3 N–H and O–H groups in total. The normalized spacial score (nSPS) is 11.4. The zero-order chi connectivity index (χ0) is 13.8. The maximum atomic E-state index is 5.94. The first-order chi connectivity index (χ1) is 9.11. The first kappa shape index (κ1) is 13.2. The molecule has 0 aliphatic heterocycles. The number of aromatic nitrogens is 1. The lowest BCUT2D eigenvalue weighted by Gasteiger charge is -2.14. The molecule has 1 aromatic carbocycles. The number of nitrogens with one attached hydrogen (secondary N) is 1. The lowest BCUT2D eigenvalue weighted by molar-refractivity contribution is 0.536. The number of nitrogens with zero attached hydrogens (tertiary/aromatic N) is 3. The molecule has 1 heterocycles. The van der Waals surface area contributed by atoms with Gasteiger partial charge in [-0.05, 0) is 24.4 Å². The van der Waals surface area contributed by atoms with Crippen molar-refractivity contribution in [3.05, 3.63) is 42.1 Å². The Morgan fingerprint density at radius 3 is 2.79 bits per heavy atom. The molecule has 0 spiro atoms. The summed E-state index contributed by atoms with van der Waals surface area (Å²) in [5, 5.41) is 10.1. The van der Waals surface area contributed by atoms with E-state index in [2.05, 4.69) is 15.4 Å². The number of rotatable bonds is 2. The van der Waals surface area contributed by atoms with Crippen LogP contribution in [0.2, 0.25) is 0 Å². The molecule has 0 atom stereocenters. The van der Waals surface area contributed by atoms with E-state index >= 15 is 0 Å². The van der Waals surface area contributed by atoms with Gasteiger partial charge in [-0.1, -0.05) is 24.3 Å². The monoisotopic (exact) mass is 273 g/mol. The summed E-state index contributed by atoms with van der Waals surface area (Å²) in [7, 11) is 3.46. The van der Waals surface area contributed by atoms with Gasteiger partial charge in [0.2, 0.25) is 0 Å². The van der Waals surface area contributed by atoms with E-state index < -0.39 is 0 Å². The fourth-order valence-corrected chi connectivity index (χ4v) is 1.67. The second-order valence-corrected chi connectivity index (χ2v) is 4.34. The molecule has 19 heavy (non-hydrogen) atoms. The topological polar surface area (TPSA) is 66.5 Å². The minimum atomic E-state index is 0.325. The van der Waals surface area contributed by atoms with Crippen molar-refractivity contribution in [2.45, 2.75) is 0 Å². The average molecular weight is 273 g/mol. The van der Waals surface area contributed by atoms with Gasteiger partial charge in [0.15, 0.2) is 10.9 Å². The van der Waals surface area contributed by atoms with Crippen molar-refractivity contribution in [2.75, 3.05) is 14.1 Å². The number of hydrogen-bond acceptors (Lipinski definition) is 3. The van der Waals surface area contributed by atoms with Crippen LogP contribution < -0.4 is 11.1 Å². The highest BCUT2D eigenvalue weighted by molar-refractivity contribution is 7.80. The van der Waals surface area contributed by atoms with E-state index in [4.69, 9.17) is 18.0 Å². The van der Waals surface area contributed by atoms with Crippen LogP contribution in [0.4, 0.5) is 0 Å². The Balaban J connectivity index is 2.33. The highest BCUT2D eigenvalue weighted by Gasteiger charge is 2.05. The van der Waals surface area contributed by atoms with Crippen molar-refractivity contribution in [1.29, 1.82) is 0 Å². The van der Waals surface area contributed by atoms with Crippen LogP contribution in [-0.4, -0.2) is 35.0 Å². The number of benzene rings is 1. The Morgan fingerprint density at radius 2 is 2.05 bits per heavy atom. The zero-order valence-corrected chi connectivity index (χ0v) is 11.6. The molecule has 0 aliphatic carbocycles. The average Bonchev–Trinajstić information content (AvgIpc) is 2.45. The van der Waals surface area contributed by atoms with Gasteiger partial charge >= 0.3 is 0 Å². The smallest absolute Gasteiger partial charge is 0.189 e. The number of para-hydroxylation sites is 1. The molecule has 0 amide bonds. The van der Waals surface area contributed by atoms with Gasteiger partial charge < -0.3 is 11.1 Å². The summed E-state index contributed by atoms with van der Waals surface area (Å²) in [6.45, 7) is 0. The summed E-state index contributed by atoms with van der Waals surface area (Å²) in [5.74, 6) is 0.325. The summed E-state index contributed by atoms with van der Waals surface area (Å²) < 4.78 is 0. The van der Waals surface area contributed by atoms with Crippen molar-refractivity contribution in [3.63, 3.8) is 0 Å². The summed E-state index contributed by atoms with van der Waals surface area (Å²) in [5.41, 5.74) is 7.45. The summed E-state index contributed by atoms with van der Waals surface area (Å²) in [4.78, 5) is 4.47. The quantitative estimate of drug-likeness (QED) is 0.373. The molecule has 0 bridgehead atoms. The summed E-state index contributed by atoms with van der Waals surface area (Å²) in [6, 6.07) is 11.7. The Hall–Kier alpha value is -2.21. The van der Waals surface area contributed by atoms with Gasteiger partial charge in [0.1, 0.15) is 5.69 Å². The second-order valence-electron chi connectivity index (χ2n) is 3.95. The molecular formula is C13H15N5S. The molecule has 1 aromatic heterocycles. The Bertz CT molecular complexity index is 638. The standard InChI is InChI=1S/C13H15N5S/c1-15-13(19)18(2)17-12(14)11-8-7-9-5-3-4-6-10(9)16-11/h3-8H,1-2H3,(H2,14,17)(H,15,19). The van der Waals surface area contributed by atoms with Crippen LogP contribution >= 0.6 is 12.2 Å². The zero-order valence-electron chi connectivity index (χ0n) is 10.8. The van der Waals surface area contributed by atoms with Gasteiger partial charge in [-0.3, -0.25) is 0 Å². The lowest BCUT2D eigenvalue weighted by atomic mass is 10.2. The number of thiocarbonyl (C=S) groups is 1. The minimum absolute atomic E-state index is 0.325. The predicted octanol–water partition coefficient (Wildman–Crippen LogP) is 1.29. The fourth-order valence-electron chi connectivity index (χ4n) is 1.63. The number of fused-ring (bicyclic) bond motifs is 1. The largest absolute Gasteiger partial charge is 0.380 e. The molecule has 0 fully saturated rings. The Labute approximate surface area is 117 Å². The molecule has 6 heteroatoms.